The van der Waals surface area contributed by atoms with Crippen LogP contribution in [0.3, 0.4) is 0 Å². The Morgan fingerprint density at radius 2 is 1.63 bits per heavy atom. The Morgan fingerprint density at radius 1 is 0.941 bits per heavy atom. The van der Waals surface area contributed by atoms with Crippen LogP contribution in [-0.4, -0.2) is 26.5 Å². The SMILES string of the molecule is Cc1cc(F)cc(C)c1Oc1ccc(C(C)(C)O)cc1-c1cn(C)c(=O)c2[nH]c(C(=O)NCc3ccc(C(=O)Nc4ccccc4N)cc3)cc12. The summed E-state index contributed by atoms with van der Waals surface area (Å²) >= 11 is 0. The molecule has 0 unspecified atom stereocenters. The van der Waals surface area contributed by atoms with Crippen molar-refractivity contribution in [3.05, 3.63) is 141 Å². The molecule has 260 valence electrons. The van der Waals surface area contributed by atoms with Crippen LogP contribution in [0.4, 0.5) is 15.8 Å². The number of aromatic amines is 1. The number of hydrogen-bond acceptors (Lipinski definition) is 6. The number of fused-ring (bicyclic) bond motifs is 1. The van der Waals surface area contributed by atoms with Crippen molar-refractivity contribution in [2.75, 3.05) is 11.1 Å². The average molecular weight is 688 g/mol. The fourth-order valence-electron chi connectivity index (χ4n) is 5.91. The molecule has 0 saturated carbocycles. The number of anilines is 2. The topological polar surface area (TPSA) is 151 Å². The van der Waals surface area contributed by atoms with E-state index in [9.17, 15) is 23.9 Å². The van der Waals surface area contributed by atoms with Gasteiger partial charge < -0.3 is 35.8 Å². The zero-order valence-electron chi connectivity index (χ0n) is 28.9. The number of nitrogens with one attached hydrogen (secondary N) is 3. The highest BCUT2D eigenvalue weighted by atomic mass is 19.1. The van der Waals surface area contributed by atoms with Gasteiger partial charge in [-0.25, -0.2) is 4.39 Å². The van der Waals surface area contributed by atoms with Crippen molar-refractivity contribution in [3.63, 3.8) is 0 Å². The number of carbonyl (C=O) groups is 2. The van der Waals surface area contributed by atoms with Crippen molar-refractivity contribution in [2.24, 2.45) is 7.05 Å². The minimum Gasteiger partial charge on any atom is -0.456 e. The molecular formula is C40H38FN5O5. The van der Waals surface area contributed by atoms with Crippen molar-refractivity contribution < 1.29 is 23.8 Å². The Labute approximate surface area is 293 Å². The monoisotopic (exact) mass is 687 g/mol. The van der Waals surface area contributed by atoms with E-state index in [1.165, 1.54) is 16.7 Å². The lowest BCUT2D eigenvalue weighted by atomic mass is 9.93. The lowest BCUT2D eigenvalue weighted by Crippen LogP contribution is -2.23. The van der Waals surface area contributed by atoms with E-state index in [1.807, 2.05) is 0 Å². The van der Waals surface area contributed by atoms with Crippen LogP contribution in [0.15, 0.2) is 95.9 Å². The van der Waals surface area contributed by atoms with Crippen molar-refractivity contribution in [3.8, 4) is 22.6 Å². The summed E-state index contributed by atoms with van der Waals surface area (Å²) in [7, 11) is 1.61. The first-order chi connectivity index (χ1) is 24.2. The second kappa shape index (κ2) is 13.6. The predicted octanol–water partition coefficient (Wildman–Crippen LogP) is 7.07. The summed E-state index contributed by atoms with van der Waals surface area (Å²) in [5, 5.41) is 17.0. The van der Waals surface area contributed by atoms with Gasteiger partial charge in [0.15, 0.2) is 0 Å². The van der Waals surface area contributed by atoms with E-state index in [4.69, 9.17) is 10.5 Å². The summed E-state index contributed by atoms with van der Waals surface area (Å²) in [5.74, 6) is -0.235. The number of aryl methyl sites for hydroxylation is 3. The van der Waals surface area contributed by atoms with Gasteiger partial charge in [-0.2, -0.15) is 0 Å². The van der Waals surface area contributed by atoms with Gasteiger partial charge in [0.2, 0.25) is 0 Å². The molecule has 4 aromatic carbocycles. The van der Waals surface area contributed by atoms with Crippen molar-refractivity contribution in [1.82, 2.24) is 14.9 Å². The number of rotatable bonds is 9. The quantitative estimate of drug-likeness (QED) is 0.103. The van der Waals surface area contributed by atoms with Gasteiger partial charge in [-0.1, -0.05) is 30.3 Å². The predicted molar refractivity (Wildman–Crippen MR) is 197 cm³/mol. The number of pyridine rings is 1. The van der Waals surface area contributed by atoms with E-state index in [2.05, 4.69) is 15.6 Å². The van der Waals surface area contributed by atoms with Gasteiger partial charge in [0.1, 0.15) is 28.5 Å². The molecular weight excluding hydrogens is 649 g/mol. The minimum absolute atomic E-state index is 0.161. The van der Waals surface area contributed by atoms with Crippen molar-refractivity contribution >= 4 is 34.1 Å². The van der Waals surface area contributed by atoms with E-state index in [0.717, 1.165) is 5.56 Å². The van der Waals surface area contributed by atoms with Crippen molar-refractivity contribution in [2.45, 2.75) is 39.8 Å². The number of nitrogen functional groups attached to an aromatic ring is 1. The fourth-order valence-corrected chi connectivity index (χ4v) is 5.91. The Kier molecular flexibility index (Phi) is 9.24. The van der Waals surface area contributed by atoms with Gasteiger partial charge in [0.05, 0.1) is 17.0 Å². The van der Waals surface area contributed by atoms with Crippen LogP contribution in [0.25, 0.3) is 22.0 Å². The minimum atomic E-state index is -1.20. The van der Waals surface area contributed by atoms with E-state index < -0.39 is 11.5 Å². The smallest absolute Gasteiger partial charge is 0.274 e. The number of aliphatic hydroxyl groups is 1. The number of para-hydroxylation sites is 2. The first-order valence-electron chi connectivity index (χ1n) is 16.3. The molecule has 2 heterocycles. The van der Waals surface area contributed by atoms with Crippen LogP contribution in [0.5, 0.6) is 11.5 Å². The number of ether oxygens (including phenoxy) is 1. The maximum absolute atomic E-state index is 14.1. The van der Waals surface area contributed by atoms with E-state index in [-0.39, 0.29) is 35.0 Å². The molecule has 0 aliphatic carbocycles. The zero-order valence-corrected chi connectivity index (χ0v) is 28.9. The molecule has 0 atom stereocenters. The zero-order chi connectivity index (χ0) is 36.6. The number of H-pyrrole nitrogens is 1. The highest BCUT2D eigenvalue weighted by Gasteiger charge is 2.23. The summed E-state index contributed by atoms with van der Waals surface area (Å²) < 4.78 is 21.9. The molecule has 0 bridgehead atoms. The normalized spacial score (nSPS) is 11.4. The number of aromatic nitrogens is 2. The summed E-state index contributed by atoms with van der Waals surface area (Å²) in [6.45, 7) is 7.00. The summed E-state index contributed by atoms with van der Waals surface area (Å²) in [6.07, 6.45) is 1.66. The Morgan fingerprint density at radius 3 is 2.29 bits per heavy atom. The summed E-state index contributed by atoms with van der Waals surface area (Å²) in [5.41, 5.74) is 9.86. The lowest BCUT2D eigenvalue weighted by Gasteiger charge is -2.22. The van der Waals surface area contributed by atoms with Crippen LogP contribution in [-0.2, 0) is 19.2 Å². The van der Waals surface area contributed by atoms with Crippen LogP contribution < -0.4 is 26.7 Å². The Balaban J connectivity index is 1.29. The van der Waals surface area contributed by atoms with Gasteiger partial charge in [0.25, 0.3) is 17.4 Å². The summed E-state index contributed by atoms with van der Waals surface area (Å²) in [4.78, 5) is 42.5. The van der Waals surface area contributed by atoms with E-state index >= 15 is 0 Å². The fraction of sp³-hybridized carbons (Fsp3) is 0.175. The number of hydrogen-bond donors (Lipinski definition) is 5. The van der Waals surface area contributed by atoms with Crippen LogP contribution >= 0.6 is 0 Å². The first kappa shape index (κ1) is 34.7. The third kappa shape index (κ3) is 7.24. The molecule has 0 aliphatic rings. The molecule has 2 amide bonds. The molecule has 0 saturated heterocycles. The summed E-state index contributed by atoms with van der Waals surface area (Å²) in [6, 6.07) is 23.4. The van der Waals surface area contributed by atoms with Crippen LogP contribution in [0, 0.1) is 19.7 Å². The molecule has 0 aliphatic heterocycles. The molecule has 51 heavy (non-hydrogen) atoms. The number of nitrogens with two attached hydrogens (primary N) is 1. The van der Waals surface area contributed by atoms with Crippen molar-refractivity contribution in [1.29, 1.82) is 0 Å². The largest absolute Gasteiger partial charge is 0.456 e. The van der Waals surface area contributed by atoms with E-state index in [0.29, 0.717) is 61.6 Å². The second-order valence-electron chi connectivity index (χ2n) is 13.1. The molecule has 6 aromatic rings. The Hall–Kier alpha value is -6.20. The molecule has 6 N–H and O–H groups in total. The van der Waals surface area contributed by atoms with Gasteiger partial charge in [-0.3, -0.25) is 14.4 Å². The third-order valence-corrected chi connectivity index (χ3v) is 8.70. The molecule has 10 nitrogen and oxygen atoms in total. The molecule has 2 aromatic heterocycles. The first-order valence-corrected chi connectivity index (χ1v) is 16.3. The molecule has 0 fully saturated rings. The number of amides is 2. The Bertz CT molecular complexity index is 2350. The van der Waals surface area contributed by atoms with Gasteiger partial charge in [-0.05, 0) is 105 Å². The third-order valence-electron chi connectivity index (χ3n) is 8.70. The highest BCUT2D eigenvalue weighted by Crippen LogP contribution is 2.41. The highest BCUT2D eigenvalue weighted by molar-refractivity contribution is 6.06. The van der Waals surface area contributed by atoms with Gasteiger partial charge in [0, 0.05) is 41.9 Å². The molecule has 6 rings (SSSR count). The van der Waals surface area contributed by atoms with E-state index in [1.54, 1.807) is 114 Å². The number of nitrogens with zero attached hydrogens (tertiary/aromatic N) is 1. The standard InChI is InChI=1S/C40H38FN5O5/c1-22-16-27(41)17-23(2)36(22)51-34-15-14-26(40(3,4)50)18-28(34)30-21-46(5)39(49)35-29(30)19-33(44-35)38(48)43-20-24-10-12-25(13-11-24)37(47)45-32-9-7-6-8-31(32)42/h6-19,21,44,50H,20,42H2,1-5H3,(H,43,48)(H,45,47). The molecule has 11 heteroatoms. The molecule has 0 radical (unpaired) electrons. The number of benzene rings is 4. The average Bonchev–Trinajstić information content (AvgIpc) is 3.54. The number of halogens is 1. The molecule has 0 spiro atoms. The maximum Gasteiger partial charge on any atom is 0.274 e. The maximum atomic E-state index is 14.1. The number of carbonyl (C=O) groups excluding carboxylic acids is 2. The van der Waals surface area contributed by atoms with Crippen LogP contribution in [0.2, 0.25) is 0 Å². The second-order valence-corrected chi connectivity index (χ2v) is 13.1. The lowest BCUT2D eigenvalue weighted by molar-refractivity contribution is 0.0785. The van der Waals surface area contributed by atoms with Crippen LogP contribution in [0.1, 0.15) is 56.9 Å². The van der Waals surface area contributed by atoms with Gasteiger partial charge in [-0.15, -0.1) is 0 Å². The van der Waals surface area contributed by atoms with Gasteiger partial charge >= 0.3 is 0 Å².